The summed E-state index contributed by atoms with van der Waals surface area (Å²) < 4.78 is 5.98. The Labute approximate surface area is 179 Å². The lowest BCUT2D eigenvalue weighted by Gasteiger charge is -2.11. The van der Waals surface area contributed by atoms with Gasteiger partial charge < -0.3 is 4.74 Å². The van der Waals surface area contributed by atoms with Crippen molar-refractivity contribution in [2.24, 2.45) is 4.99 Å². The van der Waals surface area contributed by atoms with E-state index in [1.165, 1.54) is 11.8 Å². The standard InChI is InChI=1S/C21H20Cl2N2O2S/c1-3-24-21-25(4-2)20(26)19(28-21)12-15-7-5-6-8-18(15)27-13-14-9-10-16(22)17(23)11-14/h5-12H,3-4,13H2,1-2H3/b19-12+,24-21?. The SMILES string of the molecule is CCN=C1S/C(=C/c2ccccc2OCc2ccc(Cl)c(Cl)c2)C(=O)N1CC. The highest BCUT2D eigenvalue weighted by Gasteiger charge is 2.32. The van der Waals surface area contributed by atoms with Gasteiger partial charge in [0.05, 0.1) is 15.0 Å². The Bertz CT molecular complexity index is 944. The van der Waals surface area contributed by atoms with Crippen LogP contribution in [0.4, 0.5) is 0 Å². The molecule has 0 aromatic heterocycles. The van der Waals surface area contributed by atoms with Gasteiger partial charge in [-0.2, -0.15) is 0 Å². The van der Waals surface area contributed by atoms with Gasteiger partial charge in [-0.15, -0.1) is 0 Å². The molecule has 0 N–H and O–H groups in total. The second kappa shape index (κ2) is 9.50. The molecule has 7 heteroatoms. The lowest BCUT2D eigenvalue weighted by Crippen LogP contribution is -2.28. The first-order valence-corrected chi connectivity index (χ1v) is 10.5. The first-order chi connectivity index (χ1) is 13.5. The molecule has 0 bridgehead atoms. The molecule has 1 aliphatic heterocycles. The number of ether oxygens (including phenoxy) is 1. The molecule has 1 amide bonds. The van der Waals surface area contributed by atoms with E-state index in [4.69, 9.17) is 27.9 Å². The van der Waals surface area contributed by atoms with Gasteiger partial charge in [0.15, 0.2) is 5.17 Å². The molecule has 146 valence electrons. The molecule has 0 unspecified atom stereocenters. The number of amides is 1. The Kier molecular flexibility index (Phi) is 7.05. The first kappa shape index (κ1) is 20.8. The van der Waals surface area contributed by atoms with E-state index in [9.17, 15) is 4.79 Å². The molecule has 3 rings (SSSR count). The van der Waals surface area contributed by atoms with Crippen LogP contribution in [0.1, 0.15) is 25.0 Å². The number of carbonyl (C=O) groups is 1. The Morgan fingerprint density at radius 3 is 2.64 bits per heavy atom. The first-order valence-electron chi connectivity index (χ1n) is 8.95. The number of amidine groups is 1. The van der Waals surface area contributed by atoms with Crippen LogP contribution in [0.25, 0.3) is 6.08 Å². The summed E-state index contributed by atoms with van der Waals surface area (Å²) in [5.41, 5.74) is 1.75. The molecule has 0 saturated carbocycles. The lowest BCUT2D eigenvalue weighted by molar-refractivity contribution is -0.122. The predicted octanol–water partition coefficient (Wildman–Crippen LogP) is 5.88. The third-order valence-electron chi connectivity index (χ3n) is 4.08. The maximum Gasteiger partial charge on any atom is 0.266 e. The van der Waals surface area contributed by atoms with Crippen molar-refractivity contribution in [3.8, 4) is 5.75 Å². The van der Waals surface area contributed by atoms with Crippen molar-refractivity contribution in [3.63, 3.8) is 0 Å². The largest absolute Gasteiger partial charge is 0.488 e. The molecule has 0 aliphatic carbocycles. The summed E-state index contributed by atoms with van der Waals surface area (Å²) in [5.74, 6) is 0.664. The third-order valence-corrected chi connectivity index (χ3v) is 5.87. The molecule has 1 fully saturated rings. The minimum absolute atomic E-state index is 0.0287. The van der Waals surface area contributed by atoms with E-state index in [0.717, 1.165) is 16.3 Å². The fourth-order valence-corrected chi connectivity index (χ4v) is 4.12. The molecular formula is C21H20Cl2N2O2S. The highest BCUT2D eigenvalue weighted by atomic mass is 35.5. The Hall–Kier alpha value is -1.95. The van der Waals surface area contributed by atoms with E-state index >= 15 is 0 Å². The van der Waals surface area contributed by atoms with E-state index in [-0.39, 0.29) is 5.91 Å². The van der Waals surface area contributed by atoms with Crippen LogP contribution in [0, 0.1) is 0 Å². The Balaban J connectivity index is 1.82. The van der Waals surface area contributed by atoms with Crippen molar-refractivity contribution >= 4 is 52.1 Å². The van der Waals surface area contributed by atoms with Gasteiger partial charge in [-0.1, -0.05) is 47.5 Å². The van der Waals surface area contributed by atoms with Crippen LogP contribution in [0.15, 0.2) is 52.4 Å². The van der Waals surface area contributed by atoms with Crippen LogP contribution in [-0.2, 0) is 11.4 Å². The number of likely N-dealkylation sites (N-methyl/N-ethyl adjacent to an activating group) is 1. The molecule has 0 spiro atoms. The smallest absolute Gasteiger partial charge is 0.266 e. The number of carbonyl (C=O) groups excluding carboxylic acids is 1. The molecule has 0 radical (unpaired) electrons. The molecule has 1 heterocycles. The van der Waals surface area contributed by atoms with Gasteiger partial charge in [0.2, 0.25) is 0 Å². The quantitative estimate of drug-likeness (QED) is 0.532. The van der Waals surface area contributed by atoms with E-state index in [1.807, 2.05) is 50.3 Å². The fourth-order valence-electron chi connectivity index (χ4n) is 2.70. The zero-order valence-corrected chi connectivity index (χ0v) is 17.9. The summed E-state index contributed by atoms with van der Waals surface area (Å²) in [4.78, 5) is 19.4. The summed E-state index contributed by atoms with van der Waals surface area (Å²) in [6.45, 7) is 5.49. The second-order valence-electron chi connectivity index (χ2n) is 5.99. The molecule has 2 aromatic carbocycles. The van der Waals surface area contributed by atoms with Gasteiger partial charge in [0.1, 0.15) is 12.4 Å². The van der Waals surface area contributed by atoms with Crippen LogP contribution in [-0.4, -0.2) is 29.1 Å². The van der Waals surface area contributed by atoms with Crippen LogP contribution in [0.3, 0.4) is 0 Å². The number of nitrogens with zero attached hydrogens (tertiary/aromatic N) is 2. The van der Waals surface area contributed by atoms with Gasteiger partial charge in [0, 0.05) is 18.7 Å². The van der Waals surface area contributed by atoms with Crippen LogP contribution < -0.4 is 4.74 Å². The van der Waals surface area contributed by atoms with E-state index in [0.29, 0.717) is 40.4 Å². The number of para-hydroxylation sites is 1. The highest BCUT2D eigenvalue weighted by molar-refractivity contribution is 8.18. The van der Waals surface area contributed by atoms with Crippen LogP contribution >= 0.6 is 35.0 Å². The van der Waals surface area contributed by atoms with Gasteiger partial charge in [-0.25, -0.2) is 0 Å². The summed E-state index contributed by atoms with van der Waals surface area (Å²) in [7, 11) is 0. The molecule has 1 saturated heterocycles. The summed E-state index contributed by atoms with van der Waals surface area (Å²) in [6.07, 6.45) is 1.86. The second-order valence-corrected chi connectivity index (χ2v) is 7.82. The monoisotopic (exact) mass is 434 g/mol. The molecule has 1 aliphatic rings. The van der Waals surface area contributed by atoms with Crippen molar-refractivity contribution in [1.82, 2.24) is 4.90 Å². The molecule has 4 nitrogen and oxygen atoms in total. The third kappa shape index (κ3) is 4.72. The van der Waals surface area contributed by atoms with Gasteiger partial charge in [-0.3, -0.25) is 14.7 Å². The number of hydrogen-bond acceptors (Lipinski definition) is 4. The minimum atomic E-state index is -0.0287. The maximum atomic E-state index is 12.7. The maximum absolute atomic E-state index is 12.7. The summed E-state index contributed by atoms with van der Waals surface area (Å²) >= 11 is 13.4. The van der Waals surface area contributed by atoms with Crippen molar-refractivity contribution in [3.05, 3.63) is 68.5 Å². The molecule has 28 heavy (non-hydrogen) atoms. The normalized spacial score (nSPS) is 17.0. The topological polar surface area (TPSA) is 41.9 Å². The highest BCUT2D eigenvalue weighted by Crippen LogP contribution is 2.34. The van der Waals surface area contributed by atoms with E-state index in [1.54, 1.807) is 17.0 Å². The molecule has 0 atom stereocenters. The zero-order valence-electron chi connectivity index (χ0n) is 15.6. The van der Waals surface area contributed by atoms with Crippen molar-refractivity contribution < 1.29 is 9.53 Å². The van der Waals surface area contributed by atoms with Gasteiger partial charge >= 0.3 is 0 Å². The van der Waals surface area contributed by atoms with Crippen molar-refractivity contribution in [2.45, 2.75) is 20.5 Å². The molecule has 2 aromatic rings. The minimum Gasteiger partial charge on any atom is -0.488 e. The molecular weight excluding hydrogens is 415 g/mol. The van der Waals surface area contributed by atoms with Crippen LogP contribution in [0.5, 0.6) is 5.75 Å². The Morgan fingerprint density at radius 1 is 1.14 bits per heavy atom. The number of benzene rings is 2. The van der Waals surface area contributed by atoms with Gasteiger partial charge in [0.25, 0.3) is 5.91 Å². The lowest BCUT2D eigenvalue weighted by atomic mass is 10.1. The zero-order chi connectivity index (χ0) is 20.1. The van der Waals surface area contributed by atoms with E-state index in [2.05, 4.69) is 4.99 Å². The number of thioether (sulfide) groups is 1. The summed E-state index contributed by atoms with van der Waals surface area (Å²) in [5, 5.41) is 1.75. The van der Waals surface area contributed by atoms with Crippen LogP contribution in [0.2, 0.25) is 10.0 Å². The number of hydrogen-bond donors (Lipinski definition) is 0. The van der Waals surface area contributed by atoms with E-state index < -0.39 is 0 Å². The predicted molar refractivity (Wildman–Crippen MR) is 118 cm³/mol. The number of aliphatic imine (C=N–C) groups is 1. The number of halogens is 2. The average molecular weight is 435 g/mol. The average Bonchev–Trinajstić information content (AvgIpc) is 2.98. The Morgan fingerprint density at radius 2 is 1.93 bits per heavy atom. The van der Waals surface area contributed by atoms with Crippen molar-refractivity contribution in [1.29, 1.82) is 0 Å². The summed E-state index contributed by atoms with van der Waals surface area (Å²) in [6, 6.07) is 13.0. The number of rotatable bonds is 6. The fraction of sp³-hybridized carbons (Fsp3) is 0.238. The van der Waals surface area contributed by atoms with Crippen molar-refractivity contribution in [2.75, 3.05) is 13.1 Å². The van der Waals surface area contributed by atoms with Gasteiger partial charge in [-0.05, 0) is 55.4 Å².